The molecule has 1 N–H and O–H groups in total. The summed E-state index contributed by atoms with van der Waals surface area (Å²) >= 11 is 3.42. The average molecular weight is 483 g/mol. The van der Waals surface area contributed by atoms with Crippen LogP contribution in [0.3, 0.4) is 0 Å². The van der Waals surface area contributed by atoms with E-state index in [0.29, 0.717) is 21.5 Å². The molecule has 31 heavy (non-hydrogen) atoms. The molecule has 0 unspecified atom stereocenters. The van der Waals surface area contributed by atoms with Gasteiger partial charge in [0.2, 0.25) is 0 Å². The molecule has 0 aromatic heterocycles. The molecule has 3 fully saturated rings. The SMILES string of the molecule is Cc1ccccc1[C@@H]1CCCN1C1CC2(CCN(c3ccc(C(=O)O)c(Br)c3)CC2)C1. The second-order valence-corrected chi connectivity index (χ2v) is 10.6. The first-order valence-corrected chi connectivity index (χ1v) is 12.3. The fourth-order valence-electron chi connectivity index (χ4n) is 6.22. The quantitative estimate of drug-likeness (QED) is 0.576. The summed E-state index contributed by atoms with van der Waals surface area (Å²) in [5.41, 5.74) is 4.93. The van der Waals surface area contributed by atoms with E-state index >= 15 is 0 Å². The summed E-state index contributed by atoms with van der Waals surface area (Å²) < 4.78 is 0.665. The van der Waals surface area contributed by atoms with Gasteiger partial charge in [0, 0.05) is 35.3 Å². The zero-order valence-corrected chi connectivity index (χ0v) is 19.8. The third-order valence-electron chi connectivity index (χ3n) is 8.02. The van der Waals surface area contributed by atoms with Crippen molar-refractivity contribution in [2.24, 2.45) is 5.41 Å². The fraction of sp³-hybridized carbons (Fsp3) is 0.500. The molecule has 2 heterocycles. The lowest BCUT2D eigenvalue weighted by Crippen LogP contribution is -2.54. The second-order valence-electron chi connectivity index (χ2n) is 9.77. The lowest BCUT2D eigenvalue weighted by atomic mass is 9.59. The van der Waals surface area contributed by atoms with Crippen molar-refractivity contribution < 1.29 is 9.90 Å². The number of benzene rings is 2. The van der Waals surface area contributed by atoms with Crippen molar-refractivity contribution in [3.8, 4) is 0 Å². The Morgan fingerprint density at radius 1 is 1.10 bits per heavy atom. The van der Waals surface area contributed by atoms with Crippen LogP contribution in [-0.4, -0.2) is 41.7 Å². The highest BCUT2D eigenvalue weighted by molar-refractivity contribution is 9.10. The molecule has 1 aliphatic carbocycles. The van der Waals surface area contributed by atoms with Crippen LogP contribution in [0.15, 0.2) is 46.9 Å². The van der Waals surface area contributed by atoms with Crippen LogP contribution in [0, 0.1) is 12.3 Å². The Labute approximate surface area is 193 Å². The Bertz CT molecular complexity index is 975. The number of piperidine rings is 1. The molecule has 2 aliphatic heterocycles. The molecular formula is C26H31BrN2O2. The zero-order chi connectivity index (χ0) is 21.6. The number of likely N-dealkylation sites (tertiary alicyclic amines) is 1. The van der Waals surface area contributed by atoms with E-state index in [4.69, 9.17) is 0 Å². The van der Waals surface area contributed by atoms with Crippen molar-refractivity contribution in [2.45, 2.75) is 57.5 Å². The molecule has 2 saturated heterocycles. The minimum atomic E-state index is -0.887. The number of carboxylic acids is 1. The minimum Gasteiger partial charge on any atom is -0.478 e. The Hall–Kier alpha value is -1.85. The van der Waals surface area contributed by atoms with Gasteiger partial charge in [-0.05, 0) is 103 Å². The van der Waals surface area contributed by atoms with Gasteiger partial charge in [-0.3, -0.25) is 4.90 Å². The van der Waals surface area contributed by atoms with Crippen molar-refractivity contribution in [3.63, 3.8) is 0 Å². The number of hydrogen-bond acceptors (Lipinski definition) is 3. The molecule has 5 heteroatoms. The van der Waals surface area contributed by atoms with Gasteiger partial charge in [0.05, 0.1) is 5.56 Å². The molecule has 1 saturated carbocycles. The lowest BCUT2D eigenvalue weighted by molar-refractivity contribution is -0.0227. The fourth-order valence-corrected chi connectivity index (χ4v) is 6.75. The maximum Gasteiger partial charge on any atom is 0.336 e. The number of hydrogen-bond donors (Lipinski definition) is 1. The number of rotatable bonds is 4. The Morgan fingerprint density at radius 3 is 2.52 bits per heavy atom. The van der Waals surface area contributed by atoms with Crippen LogP contribution < -0.4 is 4.90 Å². The van der Waals surface area contributed by atoms with Crippen LogP contribution in [0.2, 0.25) is 0 Å². The first kappa shape index (κ1) is 21.0. The van der Waals surface area contributed by atoms with Crippen LogP contribution in [-0.2, 0) is 0 Å². The van der Waals surface area contributed by atoms with Crippen molar-refractivity contribution >= 4 is 27.6 Å². The maximum absolute atomic E-state index is 11.3. The molecule has 164 valence electrons. The highest BCUT2D eigenvalue weighted by Gasteiger charge is 2.49. The molecule has 5 rings (SSSR count). The zero-order valence-electron chi connectivity index (χ0n) is 18.2. The molecule has 0 bridgehead atoms. The topological polar surface area (TPSA) is 43.8 Å². The monoisotopic (exact) mass is 482 g/mol. The molecule has 2 aromatic rings. The predicted molar refractivity (Wildman–Crippen MR) is 128 cm³/mol. The van der Waals surface area contributed by atoms with Gasteiger partial charge in [-0.1, -0.05) is 24.3 Å². The third kappa shape index (κ3) is 3.91. The van der Waals surface area contributed by atoms with E-state index in [1.54, 1.807) is 6.07 Å². The molecule has 0 amide bonds. The largest absolute Gasteiger partial charge is 0.478 e. The number of halogens is 1. The summed E-state index contributed by atoms with van der Waals surface area (Å²) in [6.07, 6.45) is 7.77. The smallest absolute Gasteiger partial charge is 0.336 e. The minimum absolute atomic E-state index is 0.327. The van der Waals surface area contributed by atoms with E-state index < -0.39 is 5.97 Å². The van der Waals surface area contributed by atoms with Gasteiger partial charge in [-0.15, -0.1) is 0 Å². The molecule has 3 aliphatic rings. The molecular weight excluding hydrogens is 452 g/mol. The lowest BCUT2D eigenvalue weighted by Gasteiger charge is -2.56. The normalized spacial score (nSPS) is 23.8. The van der Waals surface area contributed by atoms with Crippen LogP contribution in [0.5, 0.6) is 0 Å². The Kier molecular flexibility index (Phi) is 5.59. The highest BCUT2D eigenvalue weighted by Crippen LogP contribution is 2.54. The van der Waals surface area contributed by atoms with Gasteiger partial charge in [0.15, 0.2) is 0 Å². The van der Waals surface area contributed by atoms with Gasteiger partial charge in [-0.2, -0.15) is 0 Å². The van der Waals surface area contributed by atoms with Crippen molar-refractivity contribution in [2.75, 3.05) is 24.5 Å². The number of aromatic carboxylic acids is 1. The first-order chi connectivity index (χ1) is 15.0. The van der Waals surface area contributed by atoms with E-state index in [1.165, 1.54) is 56.2 Å². The molecule has 1 atom stereocenters. The standard InChI is InChI=1S/C26H31BrN2O2/c1-18-5-2-3-6-21(18)24-7-4-12-29(24)20-16-26(17-20)10-13-28(14-11-26)19-8-9-22(25(30)31)23(27)15-19/h2-3,5-6,8-9,15,20,24H,4,7,10-14,16-17H2,1H3,(H,30,31)/t24-/m0/s1. The van der Waals surface area contributed by atoms with Gasteiger partial charge in [0.1, 0.15) is 0 Å². The van der Waals surface area contributed by atoms with Crippen LogP contribution in [0.25, 0.3) is 0 Å². The molecule has 4 nitrogen and oxygen atoms in total. The number of carboxylic acid groups (broad SMARTS) is 1. The highest BCUT2D eigenvalue weighted by atomic mass is 79.9. The van der Waals surface area contributed by atoms with E-state index in [0.717, 1.165) is 24.8 Å². The summed E-state index contributed by atoms with van der Waals surface area (Å²) in [6.45, 7) is 5.63. The van der Waals surface area contributed by atoms with Gasteiger partial charge < -0.3 is 10.0 Å². The van der Waals surface area contributed by atoms with E-state index in [2.05, 4.69) is 56.9 Å². The van der Waals surface area contributed by atoms with Crippen LogP contribution in [0.1, 0.15) is 66.1 Å². The number of anilines is 1. The number of nitrogens with zero attached hydrogens (tertiary/aromatic N) is 2. The summed E-state index contributed by atoms with van der Waals surface area (Å²) in [5.74, 6) is -0.887. The maximum atomic E-state index is 11.3. The van der Waals surface area contributed by atoms with Crippen LogP contribution in [0.4, 0.5) is 5.69 Å². The number of aryl methyl sites for hydroxylation is 1. The van der Waals surface area contributed by atoms with Crippen molar-refractivity contribution in [1.82, 2.24) is 4.90 Å². The summed E-state index contributed by atoms with van der Waals surface area (Å²) in [7, 11) is 0. The number of carbonyl (C=O) groups is 1. The third-order valence-corrected chi connectivity index (χ3v) is 8.68. The summed E-state index contributed by atoms with van der Waals surface area (Å²) in [4.78, 5) is 16.5. The Balaban J connectivity index is 1.20. The predicted octanol–water partition coefficient (Wildman–Crippen LogP) is 6.04. The first-order valence-electron chi connectivity index (χ1n) is 11.5. The Morgan fingerprint density at radius 2 is 1.84 bits per heavy atom. The van der Waals surface area contributed by atoms with E-state index in [9.17, 15) is 9.90 Å². The summed E-state index contributed by atoms with van der Waals surface area (Å²) in [5, 5.41) is 9.25. The van der Waals surface area contributed by atoms with Gasteiger partial charge >= 0.3 is 5.97 Å². The van der Waals surface area contributed by atoms with E-state index in [-0.39, 0.29) is 0 Å². The average Bonchev–Trinajstić information content (AvgIpc) is 3.21. The molecule has 0 radical (unpaired) electrons. The molecule has 1 spiro atoms. The van der Waals surface area contributed by atoms with Crippen LogP contribution >= 0.6 is 15.9 Å². The summed E-state index contributed by atoms with van der Waals surface area (Å²) in [6, 6.07) is 15.9. The van der Waals surface area contributed by atoms with Gasteiger partial charge in [0.25, 0.3) is 0 Å². The van der Waals surface area contributed by atoms with Crippen molar-refractivity contribution in [1.29, 1.82) is 0 Å². The van der Waals surface area contributed by atoms with Crippen molar-refractivity contribution in [3.05, 3.63) is 63.6 Å². The van der Waals surface area contributed by atoms with Gasteiger partial charge in [-0.25, -0.2) is 4.79 Å². The second kappa shape index (κ2) is 8.25. The molecule has 2 aromatic carbocycles. The van der Waals surface area contributed by atoms with E-state index in [1.807, 2.05) is 12.1 Å².